The molecule has 0 aliphatic carbocycles. The lowest BCUT2D eigenvalue weighted by atomic mass is 10.1. The Morgan fingerprint density at radius 1 is 1.24 bits per heavy atom. The van der Waals surface area contributed by atoms with Crippen molar-refractivity contribution in [2.45, 2.75) is 38.6 Å². The van der Waals surface area contributed by atoms with Gasteiger partial charge in [-0.3, -0.25) is 0 Å². The fourth-order valence-corrected chi connectivity index (χ4v) is 3.52. The Kier molecular flexibility index (Phi) is 5.20. The van der Waals surface area contributed by atoms with Crippen LogP contribution in [0.4, 0.5) is 17.1 Å². The number of unbranched alkanes of at least 4 members (excludes halogenated alkanes) is 2. The van der Waals surface area contributed by atoms with Gasteiger partial charge in [0.1, 0.15) is 11.7 Å². The highest BCUT2D eigenvalue weighted by Crippen LogP contribution is 2.35. The first kappa shape index (κ1) is 19.0. The molecule has 0 saturated heterocycles. The monoisotopic (exact) mass is 391 g/mol. The Morgan fingerprint density at radius 2 is 2.10 bits per heavy atom. The minimum Gasteiger partial charge on any atom is -0.480 e. The normalized spacial score (nSPS) is 15.1. The molecule has 150 valence electrons. The van der Waals surface area contributed by atoms with Gasteiger partial charge < -0.3 is 21.5 Å². The van der Waals surface area contributed by atoms with Crippen LogP contribution in [0.2, 0.25) is 0 Å². The fraction of sp³-hybridized carbons (Fsp3) is 0.318. The molecule has 3 heterocycles. The molecule has 5 rings (SSSR count). The largest absolute Gasteiger partial charge is 0.480 e. The van der Waals surface area contributed by atoms with Crippen molar-refractivity contribution in [3.8, 4) is 11.5 Å². The predicted molar refractivity (Wildman–Crippen MR) is 116 cm³/mol. The lowest BCUT2D eigenvalue weighted by Crippen LogP contribution is -2.26. The molecule has 3 aliphatic rings. The van der Waals surface area contributed by atoms with Crippen LogP contribution < -0.4 is 16.4 Å². The average Bonchev–Trinajstić information content (AvgIpc) is 3.19. The van der Waals surface area contributed by atoms with Crippen molar-refractivity contribution in [3.63, 3.8) is 0 Å². The van der Waals surface area contributed by atoms with Gasteiger partial charge >= 0.3 is 5.97 Å². The van der Waals surface area contributed by atoms with Crippen molar-refractivity contribution in [2.24, 2.45) is 0 Å². The number of benzene rings is 2. The van der Waals surface area contributed by atoms with E-state index in [-0.39, 0.29) is 0 Å². The van der Waals surface area contributed by atoms with Gasteiger partial charge in [-0.15, -0.1) is 0 Å². The number of anilines is 3. The van der Waals surface area contributed by atoms with E-state index in [9.17, 15) is 4.79 Å². The highest BCUT2D eigenvalue weighted by Gasteiger charge is 2.26. The van der Waals surface area contributed by atoms with Gasteiger partial charge in [-0.2, -0.15) is 0 Å². The number of aliphatic carboxylic acids is 1. The van der Waals surface area contributed by atoms with Crippen LogP contribution in [0.1, 0.15) is 31.7 Å². The second-order valence-corrected chi connectivity index (χ2v) is 7.42. The summed E-state index contributed by atoms with van der Waals surface area (Å²) in [5, 5.41) is 16.4. The van der Waals surface area contributed by atoms with Crippen LogP contribution >= 0.6 is 0 Å². The first-order chi connectivity index (χ1) is 14.0. The zero-order valence-electron chi connectivity index (χ0n) is 16.4. The van der Waals surface area contributed by atoms with Gasteiger partial charge in [-0.25, -0.2) is 14.8 Å². The average molecular weight is 391 g/mol. The molecule has 0 aromatic heterocycles. The standard InChI is InChI=1S/C14H20N2O2.C8H5N3/c1-2-3-4-7-15-11-5-6-12-10(8-11)9-13(16-12)14(17)18;9-4-1-2-6-5(3-4)7-8(10-6)11-7/h5-6,8,13,15-16H,2-4,7,9H2,1H3,(H,17,18);1-3H,9H2. The molecule has 5 N–H and O–H groups in total. The maximum Gasteiger partial charge on any atom is 0.326 e. The molecule has 1 unspecified atom stereocenters. The number of carboxylic acid groups (broad SMARTS) is 1. The number of fused-ring (bicyclic) bond motifs is 4. The molecule has 2 aromatic carbocycles. The highest BCUT2D eigenvalue weighted by molar-refractivity contribution is 6.00. The van der Waals surface area contributed by atoms with Crippen LogP contribution in [0.15, 0.2) is 36.4 Å². The molecule has 1 atom stereocenters. The second-order valence-electron chi connectivity index (χ2n) is 7.42. The van der Waals surface area contributed by atoms with Crippen molar-refractivity contribution in [2.75, 3.05) is 22.9 Å². The number of rotatable bonds is 6. The first-order valence-electron chi connectivity index (χ1n) is 9.99. The quantitative estimate of drug-likeness (QED) is 0.291. The van der Waals surface area contributed by atoms with Crippen molar-refractivity contribution in [1.29, 1.82) is 0 Å². The van der Waals surface area contributed by atoms with Crippen molar-refractivity contribution < 1.29 is 9.90 Å². The third-order valence-corrected chi connectivity index (χ3v) is 5.15. The van der Waals surface area contributed by atoms with Crippen LogP contribution in [-0.2, 0) is 11.2 Å². The molecule has 7 heteroatoms. The smallest absolute Gasteiger partial charge is 0.326 e. The van der Waals surface area contributed by atoms with E-state index in [1.54, 1.807) is 0 Å². The topological polar surface area (TPSA) is 113 Å². The first-order valence-corrected chi connectivity index (χ1v) is 9.99. The summed E-state index contributed by atoms with van der Waals surface area (Å²) in [7, 11) is 0. The number of hydrogen-bond donors (Lipinski definition) is 4. The Bertz CT molecular complexity index is 1070. The van der Waals surface area contributed by atoms with Gasteiger partial charge in [0.25, 0.3) is 0 Å². The summed E-state index contributed by atoms with van der Waals surface area (Å²) in [5.74, 6) is 0.0919. The summed E-state index contributed by atoms with van der Waals surface area (Å²) in [6.07, 6.45) is 4.19. The Morgan fingerprint density at radius 3 is 2.90 bits per heavy atom. The summed E-state index contributed by atoms with van der Waals surface area (Å²) < 4.78 is 0. The number of carbonyl (C=O) groups is 1. The van der Waals surface area contributed by atoms with Crippen molar-refractivity contribution in [1.82, 2.24) is 9.97 Å². The maximum atomic E-state index is 10.9. The molecule has 0 fully saturated rings. The SMILES string of the molecule is CCCCCNc1ccc2c(c1)CC(C(=O)O)N2.Nc1ccc2nc3nc-3c2c1. The number of nitrogens with zero attached hydrogens (tertiary/aromatic N) is 2. The predicted octanol–water partition coefficient (Wildman–Crippen LogP) is 3.90. The van der Waals surface area contributed by atoms with Gasteiger partial charge in [0.15, 0.2) is 5.82 Å². The van der Waals surface area contributed by atoms with E-state index >= 15 is 0 Å². The van der Waals surface area contributed by atoms with Gasteiger partial charge in [-0.1, -0.05) is 19.8 Å². The number of hydrogen-bond acceptors (Lipinski definition) is 6. The lowest BCUT2D eigenvalue weighted by Gasteiger charge is -2.07. The van der Waals surface area contributed by atoms with Crippen molar-refractivity contribution in [3.05, 3.63) is 42.0 Å². The number of carboxylic acids is 1. The molecule has 0 spiro atoms. The Labute approximate surface area is 169 Å². The number of nitrogens with one attached hydrogen (secondary N) is 2. The van der Waals surface area contributed by atoms with Gasteiger partial charge in [0.2, 0.25) is 0 Å². The van der Waals surface area contributed by atoms with Crippen molar-refractivity contribution >= 4 is 33.9 Å². The third-order valence-electron chi connectivity index (χ3n) is 5.15. The molecule has 7 nitrogen and oxygen atoms in total. The molecule has 3 aliphatic heterocycles. The lowest BCUT2D eigenvalue weighted by molar-refractivity contribution is -0.137. The van der Waals surface area contributed by atoms with E-state index in [0.29, 0.717) is 6.42 Å². The number of nitrogens with two attached hydrogens (primary N) is 1. The molecule has 0 amide bonds. The van der Waals surface area contributed by atoms with Crippen LogP contribution in [0.3, 0.4) is 0 Å². The molecule has 0 bridgehead atoms. The molecular formula is C22H25N5O2. The number of nitrogen functional groups attached to an aromatic ring is 1. The van der Waals surface area contributed by atoms with Crippen LogP contribution in [-0.4, -0.2) is 33.6 Å². The molecule has 0 radical (unpaired) electrons. The molecule has 0 saturated carbocycles. The summed E-state index contributed by atoms with van der Waals surface area (Å²) in [6.45, 7) is 3.16. The van der Waals surface area contributed by atoms with E-state index in [0.717, 1.165) is 51.6 Å². The van der Waals surface area contributed by atoms with E-state index in [4.69, 9.17) is 10.8 Å². The summed E-state index contributed by atoms with van der Waals surface area (Å²) in [4.78, 5) is 19.2. The maximum absolute atomic E-state index is 10.9. The van der Waals surface area contributed by atoms with Gasteiger partial charge in [0, 0.05) is 35.4 Å². The van der Waals surface area contributed by atoms with Gasteiger partial charge in [-0.05, 0) is 48.4 Å². The fourth-order valence-electron chi connectivity index (χ4n) is 3.52. The molecular weight excluding hydrogens is 366 g/mol. The Hall–Kier alpha value is -3.35. The van der Waals surface area contributed by atoms with E-state index in [2.05, 4.69) is 33.6 Å². The van der Waals surface area contributed by atoms with Crippen LogP contribution in [0, 0.1) is 0 Å². The summed E-state index contributed by atoms with van der Waals surface area (Å²) in [5.41, 5.74) is 11.5. The van der Waals surface area contributed by atoms with E-state index in [1.807, 2.05) is 30.3 Å². The minimum atomic E-state index is -0.788. The van der Waals surface area contributed by atoms with E-state index in [1.165, 1.54) is 19.3 Å². The highest BCUT2D eigenvalue weighted by atomic mass is 16.4. The van der Waals surface area contributed by atoms with Crippen LogP contribution in [0.5, 0.6) is 0 Å². The second kappa shape index (κ2) is 7.95. The Balaban J connectivity index is 0.000000157. The van der Waals surface area contributed by atoms with Gasteiger partial charge in [0.05, 0.1) is 5.52 Å². The van der Waals surface area contributed by atoms with E-state index < -0.39 is 12.0 Å². The molecule has 2 aromatic rings. The summed E-state index contributed by atoms with van der Waals surface area (Å²) in [6, 6.07) is 11.2. The minimum absolute atomic E-state index is 0.477. The summed E-state index contributed by atoms with van der Waals surface area (Å²) >= 11 is 0. The molecule has 29 heavy (non-hydrogen) atoms. The zero-order chi connectivity index (χ0) is 20.4. The third kappa shape index (κ3) is 4.23. The van der Waals surface area contributed by atoms with Crippen LogP contribution in [0.25, 0.3) is 22.4 Å². The zero-order valence-corrected chi connectivity index (χ0v) is 16.4. The number of aromatic nitrogens is 2.